The summed E-state index contributed by atoms with van der Waals surface area (Å²) >= 11 is 11.3. The van der Waals surface area contributed by atoms with Crippen LogP contribution in [0.1, 0.15) is 76.4 Å². The van der Waals surface area contributed by atoms with Crippen LogP contribution < -0.4 is 20.5 Å². The number of nitrogens with one attached hydrogen (secondary N) is 1. The first kappa shape index (κ1) is 77.9. The Bertz CT molecular complexity index is 4130. The summed E-state index contributed by atoms with van der Waals surface area (Å²) in [5.74, 6) is -13.2. The van der Waals surface area contributed by atoms with E-state index in [-0.39, 0.29) is 52.9 Å². The van der Waals surface area contributed by atoms with E-state index < -0.39 is 164 Å². The minimum Gasteiger partial charge on any atom is -0.428 e. The molecule has 1 amide bonds. The van der Waals surface area contributed by atoms with Gasteiger partial charge in [-0.25, -0.2) is 26.3 Å². The van der Waals surface area contributed by atoms with Gasteiger partial charge in [0.25, 0.3) is 11.1 Å². The standard InChI is InChI=1S/C31H17BrF13NO2.C23H15BrF9NO.C8H3ClF4O/c32-19-5-1-15(2-6-19)14-28(17-4-8-25(35)23(12-17)30(41,42)43,18-10-20(33)13-21(11-18)48-31(44,45)27(36)37)46-26(47)16-3-7-24(34)22(9-16)29(38,39)40;24-15-4-1-12(2-5-15)11-21(34,13-3-6-19(26)18(9-13)22(29,30)31)14-7-16(25)10-17(8-14)35-23(32,33)20(27)28;9-7(14)4-1-2-6(10)5(3-4)8(11,12)13/h1-13,27H,14H2,(H,46,47);1-10,20H,11,34H2;1-3H/t28-;21-;/m11./s1. The minimum atomic E-state index is -5.39. The van der Waals surface area contributed by atoms with Crippen LogP contribution in [-0.4, -0.2) is 36.2 Å². The molecule has 0 unspecified atom stereocenters. The Balaban J connectivity index is 0.000000263. The molecule has 0 aromatic heterocycles. The Morgan fingerprint density at radius 3 is 1.15 bits per heavy atom. The summed E-state index contributed by atoms with van der Waals surface area (Å²) in [6.45, 7) is 0. The Morgan fingerprint density at radius 1 is 0.412 bits per heavy atom. The molecule has 0 fully saturated rings. The van der Waals surface area contributed by atoms with E-state index in [1.807, 2.05) is 0 Å². The fraction of sp³-hybridized carbons (Fsp3) is 0.194. The van der Waals surface area contributed by atoms with Gasteiger partial charge in [-0.3, -0.25) is 9.59 Å². The van der Waals surface area contributed by atoms with Gasteiger partial charge >= 0.3 is 49.8 Å². The number of halogens is 29. The largest absolute Gasteiger partial charge is 0.461 e. The van der Waals surface area contributed by atoms with Gasteiger partial charge in [0.2, 0.25) is 0 Å². The molecule has 0 aliphatic carbocycles. The Hall–Kier alpha value is -8.11. The molecule has 97 heavy (non-hydrogen) atoms. The predicted molar refractivity (Wildman–Crippen MR) is 301 cm³/mol. The zero-order valence-electron chi connectivity index (χ0n) is 47.3. The fourth-order valence-corrected chi connectivity index (χ4v) is 9.60. The summed E-state index contributed by atoms with van der Waals surface area (Å²) in [5, 5.41) is 1.13. The number of hydrogen-bond donors (Lipinski definition) is 2. The number of hydrogen-bond acceptors (Lipinski definition) is 5. The average molecular weight is 1560 g/mol. The third-order valence-electron chi connectivity index (χ3n) is 13.5. The number of amides is 1. The van der Waals surface area contributed by atoms with Crippen molar-refractivity contribution in [3.63, 3.8) is 0 Å². The van der Waals surface area contributed by atoms with E-state index in [1.165, 1.54) is 24.3 Å². The predicted octanol–water partition coefficient (Wildman–Crippen LogP) is 20.7. The fourth-order valence-electron chi connectivity index (χ4n) is 8.96. The second-order valence-corrected chi connectivity index (χ2v) is 22.4. The quantitative estimate of drug-likeness (QED) is 0.0700. The number of carbonyl (C=O) groups is 2. The van der Waals surface area contributed by atoms with Gasteiger partial charge in [-0.15, -0.1) is 0 Å². The van der Waals surface area contributed by atoms with Gasteiger partial charge in [0.15, 0.2) is 0 Å². The van der Waals surface area contributed by atoms with Crippen LogP contribution in [0.2, 0.25) is 0 Å². The van der Waals surface area contributed by atoms with Crippen molar-refractivity contribution in [3.8, 4) is 11.5 Å². The normalized spacial score (nSPS) is 13.6. The molecule has 0 radical (unpaired) electrons. The van der Waals surface area contributed by atoms with Gasteiger partial charge < -0.3 is 20.5 Å². The summed E-state index contributed by atoms with van der Waals surface area (Å²) in [4.78, 5) is 24.1. The number of carbonyl (C=O) groups excluding carboxylic acids is 2. The van der Waals surface area contributed by atoms with Crippen LogP contribution in [0.25, 0.3) is 0 Å². The first-order chi connectivity index (χ1) is 44.6. The zero-order chi connectivity index (χ0) is 72.9. The van der Waals surface area contributed by atoms with Crippen molar-refractivity contribution in [3.05, 3.63) is 268 Å². The molecule has 6 nitrogen and oxygen atoms in total. The maximum Gasteiger partial charge on any atom is 0.461 e. The van der Waals surface area contributed by atoms with E-state index in [4.69, 9.17) is 17.3 Å². The summed E-state index contributed by atoms with van der Waals surface area (Å²) < 4.78 is 358. The van der Waals surface area contributed by atoms with Crippen LogP contribution in [0.5, 0.6) is 11.5 Å². The number of benzene rings is 8. The molecular formula is C62H35Br2ClF26N2O4. The molecule has 8 aromatic rings. The average Bonchev–Trinajstić information content (AvgIpc) is 0.781. The molecule has 0 bridgehead atoms. The minimum absolute atomic E-state index is 0.0736. The van der Waals surface area contributed by atoms with Gasteiger partial charge in [0.1, 0.15) is 46.4 Å². The van der Waals surface area contributed by atoms with Gasteiger partial charge in [0.05, 0.1) is 33.3 Å². The van der Waals surface area contributed by atoms with Crippen molar-refractivity contribution in [2.24, 2.45) is 5.73 Å². The molecule has 8 rings (SSSR count). The van der Waals surface area contributed by atoms with E-state index in [1.54, 1.807) is 24.3 Å². The highest BCUT2D eigenvalue weighted by Gasteiger charge is 2.48. The summed E-state index contributed by atoms with van der Waals surface area (Å²) in [6, 6.07) is 20.6. The molecule has 0 saturated carbocycles. The third kappa shape index (κ3) is 19.8. The van der Waals surface area contributed by atoms with Crippen molar-refractivity contribution in [1.29, 1.82) is 0 Å². The van der Waals surface area contributed by atoms with Crippen molar-refractivity contribution in [1.82, 2.24) is 5.32 Å². The number of rotatable bonds is 17. The summed E-state index contributed by atoms with van der Waals surface area (Å²) in [6.07, 6.45) is -40.6. The van der Waals surface area contributed by atoms with Gasteiger partial charge in [0, 0.05) is 38.6 Å². The molecule has 35 heteroatoms. The first-order valence-corrected chi connectivity index (χ1v) is 28.1. The van der Waals surface area contributed by atoms with E-state index in [0.29, 0.717) is 75.2 Å². The highest BCUT2D eigenvalue weighted by atomic mass is 79.9. The van der Waals surface area contributed by atoms with Crippen molar-refractivity contribution in [2.75, 3.05) is 0 Å². The van der Waals surface area contributed by atoms with Crippen LogP contribution in [0.4, 0.5) is 114 Å². The number of alkyl halides is 20. The van der Waals surface area contributed by atoms with E-state index in [9.17, 15) is 119 Å². The summed E-state index contributed by atoms with van der Waals surface area (Å²) in [5.41, 5.74) is -8.16. The Labute approximate surface area is 550 Å². The van der Waals surface area contributed by atoms with E-state index >= 15 is 4.39 Å². The Kier molecular flexibility index (Phi) is 24.0. The number of nitrogens with two attached hydrogens (primary N) is 1. The van der Waals surface area contributed by atoms with Crippen LogP contribution in [0.3, 0.4) is 0 Å². The molecule has 0 aliphatic heterocycles. The van der Waals surface area contributed by atoms with Crippen LogP contribution in [0.15, 0.2) is 167 Å². The molecule has 0 spiro atoms. The SMILES string of the molecule is N[C@@](Cc1ccc(Br)cc1)(c1cc(F)cc(OC(F)(F)C(F)F)c1)c1ccc(F)c(C(F)(F)F)c1.O=C(Cl)c1ccc(F)c(C(F)(F)F)c1.O=C(N[C@@](Cc1ccc(Br)cc1)(c1cc(F)cc(OC(F)(F)C(F)F)c1)c1ccc(F)c(C(F)(F)F)c1)c1ccc(F)c(C(F)(F)F)c1. The molecule has 520 valence electrons. The third-order valence-corrected chi connectivity index (χ3v) is 14.7. The second kappa shape index (κ2) is 29.9. The lowest BCUT2D eigenvalue weighted by Crippen LogP contribution is -2.49. The van der Waals surface area contributed by atoms with Crippen molar-refractivity contribution >= 4 is 54.6 Å². The molecule has 2 atom stereocenters. The lowest BCUT2D eigenvalue weighted by atomic mass is 9.77. The molecule has 0 heterocycles. The number of ether oxygens (including phenoxy) is 2. The maximum atomic E-state index is 15.0. The maximum absolute atomic E-state index is 15.0. The highest BCUT2D eigenvalue weighted by molar-refractivity contribution is 9.10. The molecule has 3 N–H and O–H groups in total. The van der Waals surface area contributed by atoms with E-state index in [0.717, 1.165) is 24.3 Å². The van der Waals surface area contributed by atoms with E-state index in [2.05, 4.69) is 46.7 Å². The lowest BCUT2D eigenvalue weighted by molar-refractivity contribution is -0.253. The van der Waals surface area contributed by atoms with Crippen molar-refractivity contribution in [2.45, 2.75) is 73.7 Å². The second-order valence-electron chi connectivity index (χ2n) is 20.3. The van der Waals surface area contributed by atoms with Crippen LogP contribution in [-0.2, 0) is 48.6 Å². The monoisotopic (exact) mass is 1560 g/mol. The van der Waals surface area contributed by atoms with Gasteiger partial charge in [-0.1, -0.05) is 68.3 Å². The zero-order valence-corrected chi connectivity index (χ0v) is 51.2. The summed E-state index contributed by atoms with van der Waals surface area (Å²) in [7, 11) is 0. The van der Waals surface area contributed by atoms with Gasteiger partial charge in [-0.05, 0) is 161 Å². The molecule has 0 aliphatic rings. The van der Waals surface area contributed by atoms with Crippen LogP contribution >= 0.6 is 43.5 Å². The van der Waals surface area contributed by atoms with Crippen molar-refractivity contribution < 1.29 is 133 Å². The smallest absolute Gasteiger partial charge is 0.428 e. The molecule has 0 saturated heterocycles. The van der Waals surface area contributed by atoms with Crippen LogP contribution in [0, 0.1) is 34.9 Å². The van der Waals surface area contributed by atoms with Gasteiger partial charge in [-0.2, -0.15) is 87.8 Å². The topological polar surface area (TPSA) is 90.7 Å². The molecular weight excluding hydrogens is 1530 g/mol. The lowest BCUT2D eigenvalue weighted by Gasteiger charge is -2.37. The first-order valence-electron chi connectivity index (χ1n) is 26.2. The highest BCUT2D eigenvalue weighted by Crippen LogP contribution is 2.44. The molecule has 8 aromatic carbocycles. The Morgan fingerprint density at radius 2 is 0.753 bits per heavy atom.